The zero-order valence-corrected chi connectivity index (χ0v) is 18.7. The molecule has 12 nitrogen and oxygen atoms in total. The number of phenols is 3. The first-order valence-electron chi connectivity index (χ1n) is 10.4. The summed E-state index contributed by atoms with van der Waals surface area (Å²) in [6.07, 6.45) is -7.26. The predicted octanol–water partition coefficient (Wildman–Crippen LogP) is -0.582. The number of hydrogen-bond donors (Lipinski definition) is 7. The second kappa shape index (κ2) is 9.13. The molecule has 1 aliphatic carbocycles. The van der Waals surface area contributed by atoms with E-state index in [0.717, 1.165) is 12.1 Å². The lowest BCUT2D eigenvalue weighted by atomic mass is 9.71. The number of esters is 1. The number of aliphatic hydroxyl groups excluding tert-OH is 3. The molecule has 12 heteroatoms. The fourth-order valence-corrected chi connectivity index (χ4v) is 4.01. The molecule has 2 aliphatic rings. The minimum Gasteiger partial charge on any atom is -0.504 e. The summed E-state index contributed by atoms with van der Waals surface area (Å²) >= 11 is 0. The normalized spacial score (nSPS) is 33.3. The highest BCUT2D eigenvalue weighted by molar-refractivity contribution is 5.92. The fraction of sp³-hybridized carbons (Fsp3) is 0.545. The van der Waals surface area contributed by atoms with Crippen molar-refractivity contribution in [1.82, 2.24) is 0 Å². The Morgan fingerprint density at radius 3 is 2.24 bits per heavy atom. The zero-order valence-electron chi connectivity index (χ0n) is 18.7. The van der Waals surface area contributed by atoms with Gasteiger partial charge in [-0.2, -0.15) is 0 Å². The van der Waals surface area contributed by atoms with E-state index in [4.69, 9.17) is 14.2 Å². The minimum atomic E-state index is -2.06. The van der Waals surface area contributed by atoms with E-state index in [9.17, 15) is 45.3 Å². The average Bonchev–Trinajstić information content (AvgIpc) is 2.74. The summed E-state index contributed by atoms with van der Waals surface area (Å²) in [5.41, 5.74) is -1.30. The predicted molar refractivity (Wildman–Crippen MR) is 112 cm³/mol. The lowest BCUT2D eigenvalue weighted by molar-refractivity contribution is -0.372. The first-order chi connectivity index (χ1) is 15.7. The molecule has 0 bridgehead atoms. The molecule has 7 N–H and O–H groups in total. The van der Waals surface area contributed by atoms with Crippen LogP contribution in [0.5, 0.6) is 17.2 Å². The quantitative estimate of drug-likeness (QED) is 0.159. The van der Waals surface area contributed by atoms with E-state index in [-0.39, 0.29) is 23.3 Å². The van der Waals surface area contributed by atoms with Crippen molar-refractivity contribution in [2.75, 3.05) is 6.61 Å². The molecule has 0 amide bonds. The third-order valence-electron chi connectivity index (χ3n) is 6.08. The Kier molecular flexibility index (Phi) is 6.95. The van der Waals surface area contributed by atoms with Gasteiger partial charge in [0.05, 0.1) is 5.56 Å². The summed E-state index contributed by atoms with van der Waals surface area (Å²) in [4.78, 5) is 24.2. The molecule has 0 aromatic heterocycles. The molecule has 3 rings (SSSR count). The SMILES string of the molecule is CC1=CC(=O)CC(C)(C)[C@@]1(O)O[C@@H]1O[C@H](COC(=O)c2cc(O)c(O)c(O)c2)[C@@H](O)[C@H](O)[C@H]1O. The number of aromatic hydroxyl groups is 3. The molecule has 188 valence electrons. The van der Waals surface area contributed by atoms with Crippen molar-refractivity contribution >= 4 is 11.8 Å². The summed E-state index contributed by atoms with van der Waals surface area (Å²) in [7, 11) is 0. The number of ketones is 1. The number of ether oxygens (including phenoxy) is 3. The third-order valence-corrected chi connectivity index (χ3v) is 6.08. The van der Waals surface area contributed by atoms with Gasteiger partial charge in [-0.05, 0) is 30.7 Å². The van der Waals surface area contributed by atoms with Gasteiger partial charge in [0.1, 0.15) is 31.0 Å². The van der Waals surface area contributed by atoms with Crippen LogP contribution in [-0.2, 0) is 19.0 Å². The van der Waals surface area contributed by atoms with E-state index in [1.165, 1.54) is 13.0 Å². The molecule has 1 heterocycles. The van der Waals surface area contributed by atoms with Crippen LogP contribution in [0.25, 0.3) is 0 Å². The first-order valence-corrected chi connectivity index (χ1v) is 10.4. The Hall–Kier alpha value is -2.74. The highest BCUT2D eigenvalue weighted by Gasteiger charge is 2.55. The number of rotatable bonds is 5. The van der Waals surface area contributed by atoms with Crippen molar-refractivity contribution in [2.24, 2.45) is 5.41 Å². The minimum absolute atomic E-state index is 0.0673. The van der Waals surface area contributed by atoms with Crippen molar-refractivity contribution in [2.45, 2.75) is 63.7 Å². The van der Waals surface area contributed by atoms with Crippen LogP contribution in [0.1, 0.15) is 37.6 Å². The van der Waals surface area contributed by atoms with Gasteiger partial charge in [0.2, 0.25) is 0 Å². The highest BCUT2D eigenvalue weighted by Crippen LogP contribution is 2.45. The molecule has 0 unspecified atom stereocenters. The second-order valence-corrected chi connectivity index (χ2v) is 9.09. The molecule has 6 atom stereocenters. The number of hydrogen-bond acceptors (Lipinski definition) is 12. The average molecular weight is 484 g/mol. The smallest absolute Gasteiger partial charge is 0.338 e. The van der Waals surface area contributed by atoms with Crippen molar-refractivity contribution in [3.05, 3.63) is 29.3 Å². The summed E-state index contributed by atoms with van der Waals surface area (Å²) < 4.78 is 16.2. The highest BCUT2D eigenvalue weighted by atomic mass is 16.8. The Bertz CT molecular complexity index is 979. The van der Waals surface area contributed by atoms with Gasteiger partial charge in [-0.1, -0.05) is 13.8 Å². The van der Waals surface area contributed by atoms with Crippen LogP contribution in [-0.4, -0.2) is 90.6 Å². The van der Waals surface area contributed by atoms with Gasteiger partial charge < -0.3 is 50.0 Å². The molecular formula is C22H28O12. The second-order valence-electron chi connectivity index (χ2n) is 9.09. The Labute approximate surface area is 194 Å². The molecule has 0 spiro atoms. The van der Waals surface area contributed by atoms with Gasteiger partial charge in [0.25, 0.3) is 0 Å². The van der Waals surface area contributed by atoms with Crippen molar-refractivity contribution in [3.63, 3.8) is 0 Å². The topological polar surface area (TPSA) is 203 Å². The standard InChI is InChI=1S/C22H28O12/c1-9-4-11(23)7-21(2,3)22(9,31)34-20-18(29)17(28)16(27)14(33-20)8-32-19(30)10-5-12(24)15(26)13(25)6-10/h4-6,14,16-18,20,24-29,31H,7-8H2,1-3H3/t14-,16-,17+,18-,20+,22+/m1/s1. The lowest BCUT2D eigenvalue weighted by Crippen LogP contribution is -2.63. The Morgan fingerprint density at radius 2 is 1.68 bits per heavy atom. The summed E-state index contributed by atoms with van der Waals surface area (Å²) in [5, 5.41) is 70.6. The molecule has 1 aromatic rings. The van der Waals surface area contributed by atoms with Gasteiger partial charge in [0, 0.05) is 11.8 Å². The Balaban J connectivity index is 1.76. The molecule has 1 saturated heterocycles. The van der Waals surface area contributed by atoms with Crippen LogP contribution in [0.15, 0.2) is 23.8 Å². The monoisotopic (exact) mass is 484 g/mol. The number of allylic oxidation sites excluding steroid dienone is 1. The van der Waals surface area contributed by atoms with E-state index in [1.54, 1.807) is 13.8 Å². The summed E-state index contributed by atoms with van der Waals surface area (Å²) in [6, 6.07) is 1.69. The van der Waals surface area contributed by atoms with E-state index in [2.05, 4.69) is 0 Å². The van der Waals surface area contributed by atoms with Crippen molar-refractivity contribution < 1.29 is 59.5 Å². The van der Waals surface area contributed by atoms with Crippen LogP contribution < -0.4 is 0 Å². The molecule has 0 radical (unpaired) electrons. The van der Waals surface area contributed by atoms with Crippen molar-refractivity contribution in [1.29, 1.82) is 0 Å². The number of phenolic OH excluding ortho intramolecular Hbond substituents is 3. The van der Waals surface area contributed by atoms with Crippen LogP contribution in [0.3, 0.4) is 0 Å². The summed E-state index contributed by atoms with van der Waals surface area (Å²) in [5.74, 6) is -5.71. The van der Waals surface area contributed by atoms with Crippen molar-refractivity contribution in [3.8, 4) is 17.2 Å². The molecule has 34 heavy (non-hydrogen) atoms. The molecule has 0 saturated carbocycles. The number of aliphatic hydroxyl groups is 4. The van der Waals surface area contributed by atoms with Crippen LogP contribution in [0, 0.1) is 5.41 Å². The van der Waals surface area contributed by atoms with E-state index >= 15 is 0 Å². The van der Waals surface area contributed by atoms with Gasteiger partial charge in [-0.15, -0.1) is 0 Å². The fourth-order valence-electron chi connectivity index (χ4n) is 4.01. The molecule has 1 aromatic carbocycles. The van der Waals surface area contributed by atoms with Gasteiger partial charge in [-0.3, -0.25) is 4.79 Å². The van der Waals surface area contributed by atoms with Crippen LogP contribution >= 0.6 is 0 Å². The maximum Gasteiger partial charge on any atom is 0.338 e. The first kappa shape index (κ1) is 25.9. The van der Waals surface area contributed by atoms with Gasteiger partial charge in [0.15, 0.2) is 35.1 Å². The number of benzene rings is 1. The lowest BCUT2D eigenvalue weighted by Gasteiger charge is -2.49. The van der Waals surface area contributed by atoms with E-state index < -0.39 is 71.7 Å². The maximum absolute atomic E-state index is 12.3. The Morgan fingerprint density at radius 1 is 1.09 bits per heavy atom. The van der Waals surface area contributed by atoms with E-state index in [1.807, 2.05) is 0 Å². The number of carbonyl (C=O) groups excluding carboxylic acids is 2. The number of carbonyl (C=O) groups is 2. The summed E-state index contributed by atoms with van der Waals surface area (Å²) in [6.45, 7) is 3.95. The van der Waals surface area contributed by atoms with Gasteiger partial charge in [-0.25, -0.2) is 4.79 Å². The van der Waals surface area contributed by atoms with E-state index in [0.29, 0.717) is 0 Å². The zero-order chi connectivity index (χ0) is 25.6. The molecule has 1 fully saturated rings. The van der Waals surface area contributed by atoms with Crippen LogP contribution in [0.2, 0.25) is 0 Å². The largest absolute Gasteiger partial charge is 0.504 e. The maximum atomic E-state index is 12.3. The molecular weight excluding hydrogens is 456 g/mol. The molecule has 1 aliphatic heterocycles. The van der Waals surface area contributed by atoms with Crippen LogP contribution in [0.4, 0.5) is 0 Å². The van der Waals surface area contributed by atoms with Gasteiger partial charge >= 0.3 is 5.97 Å². The third kappa shape index (κ3) is 4.60.